The van der Waals surface area contributed by atoms with Gasteiger partial charge in [-0.1, -0.05) is 27.2 Å². The van der Waals surface area contributed by atoms with Gasteiger partial charge in [-0.2, -0.15) is 0 Å². The van der Waals surface area contributed by atoms with E-state index in [1.165, 1.54) is 19.3 Å². The summed E-state index contributed by atoms with van der Waals surface area (Å²) in [6, 6.07) is 0. The van der Waals surface area contributed by atoms with Crippen LogP contribution in [0.5, 0.6) is 0 Å². The minimum atomic E-state index is -0.144. The molecule has 0 amide bonds. The first-order chi connectivity index (χ1) is 7.98. The molecule has 0 aromatic carbocycles. The van der Waals surface area contributed by atoms with Crippen LogP contribution >= 0.6 is 11.3 Å². The van der Waals surface area contributed by atoms with E-state index in [1.54, 1.807) is 11.3 Å². The molecule has 1 aromatic heterocycles. The Morgan fingerprint density at radius 3 is 2.59 bits per heavy atom. The first-order valence-corrected chi connectivity index (χ1v) is 7.55. The van der Waals surface area contributed by atoms with E-state index < -0.39 is 0 Å². The molecule has 3 heteroatoms. The molecule has 0 unspecified atom stereocenters. The maximum atomic E-state index is 6.52. The molecule has 0 aliphatic heterocycles. The predicted octanol–water partition coefficient (Wildman–Crippen LogP) is 3.92. The molecule has 2 N–H and O–H groups in total. The Bertz CT molecular complexity index is 348. The van der Waals surface area contributed by atoms with Crippen molar-refractivity contribution in [3.8, 4) is 0 Å². The van der Waals surface area contributed by atoms with Crippen LogP contribution in [0, 0.1) is 11.3 Å². The molecule has 2 nitrogen and oxygen atoms in total. The molecule has 17 heavy (non-hydrogen) atoms. The first-order valence-electron chi connectivity index (χ1n) is 6.67. The highest BCUT2D eigenvalue weighted by Crippen LogP contribution is 2.45. The molecule has 0 bridgehead atoms. The van der Waals surface area contributed by atoms with Gasteiger partial charge in [-0.25, -0.2) is 4.98 Å². The van der Waals surface area contributed by atoms with Gasteiger partial charge in [0.25, 0.3) is 0 Å². The van der Waals surface area contributed by atoms with Crippen LogP contribution in [0.15, 0.2) is 11.6 Å². The summed E-state index contributed by atoms with van der Waals surface area (Å²) >= 11 is 1.71. The van der Waals surface area contributed by atoms with E-state index in [4.69, 9.17) is 5.73 Å². The SMILES string of the molecule is CCC(C)(C)C1CCC(N)(c2nccs2)CC1. The zero-order valence-electron chi connectivity index (χ0n) is 11.2. The van der Waals surface area contributed by atoms with Crippen LogP contribution < -0.4 is 5.73 Å². The quantitative estimate of drug-likeness (QED) is 0.885. The summed E-state index contributed by atoms with van der Waals surface area (Å²) < 4.78 is 0. The minimum Gasteiger partial charge on any atom is -0.319 e. The van der Waals surface area contributed by atoms with Crippen LogP contribution in [-0.2, 0) is 5.54 Å². The summed E-state index contributed by atoms with van der Waals surface area (Å²) in [4.78, 5) is 4.41. The molecule has 0 atom stereocenters. The third-order valence-corrected chi connectivity index (χ3v) is 5.75. The average Bonchev–Trinajstić information content (AvgIpc) is 2.84. The Labute approximate surface area is 109 Å². The van der Waals surface area contributed by atoms with E-state index in [0.717, 1.165) is 23.8 Å². The predicted molar refractivity (Wildman–Crippen MR) is 74.0 cm³/mol. The summed E-state index contributed by atoms with van der Waals surface area (Å²) in [6.07, 6.45) is 7.81. The third-order valence-electron chi connectivity index (χ3n) is 4.75. The molecule has 1 aliphatic carbocycles. The summed E-state index contributed by atoms with van der Waals surface area (Å²) in [6.45, 7) is 7.08. The molecule has 0 saturated heterocycles. The molecule has 0 spiro atoms. The number of thiazole rings is 1. The molecule has 1 saturated carbocycles. The van der Waals surface area contributed by atoms with Crippen molar-refractivity contribution >= 4 is 11.3 Å². The van der Waals surface area contributed by atoms with Gasteiger partial charge in [-0.3, -0.25) is 0 Å². The standard InChI is InChI=1S/C14H24N2S/c1-4-13(2,3)11-5-7-14(15,8-6-11)12-16-9-10-17-12/h9-11H,4-8,15H2,1-3H3. The van der Waals surface area contributed by atoms with Crippen LogP contribution in [0.1, 0.15) is 57.9 Å². The lowest BCUT2D eigenvalue weighted by atomic mass is 9.66. The fourth-order valence-corrected chi connectivity index (χ4v) is 3.70. The molecular formula is C14H24N2S. The number of rotatable bonds is 3. The molecule has 0 radical (unpaired) electrons. The summed E-state index contributed by atoms with van der Waals surface area (Å²) in [5.74, 6) is 0.823. The average molecular weight is 252 g/mol. The number of hydrogen-bond donors (Lipinski definition) is 1. The second-order valence-electron chi connectivity index (χ2n) is 6.11. The van der Waals surface area contributed by atoms with E-state index in [2.05, 4.69) is 25.8 Å². The molecule has 96 valence electrons. The van der Waals surface area contributed by atoms with Gasteiger partial charge in [0.05, 0.1) is 5.54 Å². The molecule has 1 aliphatic rings. The Balaban J connectivity index is 2.03. The largest absolute Gasteiger partial charge is 0.319 e. The van der Waals surface area contributed by atoms with E-state index in [9.17, 15) is 0 Å². The lowest BCUT2D eigenvalue weighted by Gasteiger charge is -2.42. The molecular weight excluding hydrogens is 228 g/mol. The van der Waals surface area contributed by atoms with Crippen LogP contribution in [0.4, 0.5) is 0 Å². The molecule has 1 heterocycles. The number of nitrogens with zero attached hydrogens (tertiary/aromatic N) is 1. The highest BCUT2D eigenvalue weighted by atomic mass is 32.1. The first kappa shape index (κ1) is 13.0. The van der Waals surface area contributed by atoms with Crippen molar-refractivity contribution in [3.05, 3.63) is 16.6 Å². The van der Waals surface area contributed by atoms with Crippen molar-refractivity contribution in [1.29, 1.82) is 0 Å². The maximum Gasteiger partial charge on any atom is 0.112 e. The van der Waals surface area contributed by atoms with Crippen molar-refractivity contribution in [2.24, 2.45) is 17.1 Å². The Morgan fingerprint density at radius 2 is 2.12 bits per heavy atom. The van der Waals surface area contributed by atoms with Gasteiger partial charge >= 0.3 is 0 Å². The highest BCUT2D eigenvalue weighted by molar-refractivity contribution is 7.09. The fourth-order valence-electron chi connectivity index (χ4n) is 2.89. The normalized spacial score (nSPS) is 30.5. The van der Waals surface area contributed by atoms with Gasteiger partial charge in [0.15, 0.2) is 0 Å². The number of hydrogen-bond acceptors (Lipinski definition) is 3. The third kappa shape index (κ3) is 2.55. The van der Waals surface area contributed by atoms with Crippen molar-refractivity contribution in [1.82, 2.24) is 4.98 Å². The smallest absolute Gasteiger partial charge is 0.112 e. The van der Waals surface area contributed by atoms with Crippen LogP contribution in [0.3, 0.4) is 0 Å². The number of nitrogens with two attached hydrogens (primary N) is 1. The van der Waals surface area contributed by atoms with E-state index in [-0.39, 0.29) is 5.54 Å². The van der Waals surface area contributed by atoms with Gasteiger partial charge < -0.3 is 5.73 Å². The number of aromatic nitrogens is 1. The lowest BCUT2D eigenvalue weighted by Crippen LogP contribution is -2.42. The minimum absolute atomic E-state index is 0.144. The fraction of sp³-hybridized carbons (Fsp3) is 0.786. The van der Waals surface area contributed by atoms with Gasteiger partial charge in [0.2, 0.25) is 0 Å². The lowest BCUT2D eigenvalue weighted by molar-refractivity contribution is 0.115. The Kier molecular flexibility index (Phi) is 3.60. The van der Waals surface area contributed by atoms with Crippen molar-refractivity contribution in [2.75, 3.05) is 0 Å². The Hall–Kier alpha value is -0.410. The van der Waals surface area contributed by atoms with Gasteiger partial charge in [-0.15, -0.1) is 11.3 Å². The van der Waals surface area contributed by atoms with E-state index in [1.807, 2.05) is 11.6 Å². The maximum absolute atomic E-state index is 6.52. The summed E-state index contributed by atoms with van der Waals surface area (Å²) in [5.41, 5.74) is 6.84. The van der Waals surface area contributed by atoms with Gasteiger partial charge in [-0.05, 0) is 37.0 Å². The van der Waals surface area contributed by atoms with Gasteiger partial charge in [0.1, 0.15) is 5.01 Å². The molecule has 1 fully saturated rings. The van der Waals surface area contributed by atoms with Crippen molar-refractivity contribution < 1.29 is 0 Å². The summed E-state index contributed by atoms with van der Waals surface area (Å²) in [5, 5.41) is 3.16. The monoisotopic (exact) mass is 252 g/mol. The van der Waals surface area contributed by atoms with Crippen LogP contribution in [-0.4, -0.2) is 4.98 Å². The Morgan fingerprint density at radius 1 is 1.47 bits per heavy atom. The van der Waals surface area contributed by atoms with Crippen molar-refractivity contribution in [3.63, 3.8) is 0 Å². The zero-order chi connectivity index (χ0) is 12.5. The molecule has 2 rings (SSSR count). The second kappa shape index (κ2) is 4.69. The summed E-state index contributed by atoms with van der Waals surface area (Å²) in [7, 11) is 0. The highest BCUT2D eigenvalue weighted by Gasteiger charge is 2.39. The zero-order valence-corrected chi connectivity index (χ0v) is 12.0. The van der Waals surface area contributed by atoms with Crippen LogP contribution in [0.2, 0.25) is 0 Å². The second-order valence-corrected chi connectivity index (χ2v) is 7.00. The molecule has 1 aromatic rings. The van der Waals surface area contributed by atoms with Crippen LogP contribution in [0.25, 0.3) is 0 Å². The van der Waals surface area contributed by atoms with E-state index in [0.29, 0.717) is 5.41 Å². The van der Waals surface area contributed by atoms with Crippen molar-refractivity contribution in [2.45, 2.75) is 58.4 Å². The topological polar surface area (TPSA) is 38.9 Å². The van der Waals surface area contributed by atoms with E-state index >= 15 is 0 Å². The van der Waals surface area contributed by atoms with Gasteiger partial charge in [0, 0.05) is 11.6 Å².